The zero-order valence-corrected chi connectivity index (χ0v) is 18.5. The van der Waals surface area contributed by atoms with Gasteiger partial charge in [0.2, 0.25) is 5.91 Å². The maximum atomic E-state index is 13.4. The number of ether oxygens (including phenoxy) is 1. The van der Waals surface area contributed by atoms with Crippen molar-refractivity contribution >= 4 is 34.3 Å². The second kappa shape index (κ2) is 9.19. The van der Waals surface area contributed by atoms with E-state index in [2.05, 4.69) is 5.32 Å². The van der Waals surface area contributed by atoms with Gasteiger partial charge in [-0.05, 0) is 30.0 Å². The molecular weight excluding hydrogens is 386 g/mol. The zero-order valence-electron chi connectivity index (χ0n) is 18.5. The van der Waals surface area contributed by atoms with E-state index < -0.39 is 6.09 Å². The molecule has 8 nitrogen and oxygen atoms in total. The number of hydrogen-bond donors (Lipinski definition) is 2. The fraction of sp³-hybridized carbons (Fsp3) is 0.500. The monoisotopic (exact) mass is 417 g/mol. The van der Waals surface area contributed by atoms with Gasteiger partial charge in [-0.1, -0.05) is 34.1 Å². The minimum atomic E-state index is -1.20. The van der Waals surface area contributed by atoms with Gasteiger partial charge in [0, 0.05) is 31.6 Å². The third kappa shape index (κ3) is 5.31. The number of carboxylic acid groups (broad SMARTS) is 1. The largest absolute Gasteiger partial charge is 0.489 e. The van der Waals surface area contributed by atoms with Crippen LogP contribution in [0.5, 0.6) is 5.75 Å². The maximum Gasteiger partial charge on any atom is 0.412 e. The lowest BCUT2D eigenvalue weighted by atomic mass is 9.96. The molecule has 2 amide bonds. The van der Waals surface area contributed by atoms with Gasteiger partial charge >= 0.3 is 6.09 Å². The first-order valence-electron chi connectivity index (χ1n) is 10.0. The molecule has 30 heavy (non-hydrogen) atoms. The van der Waals surface area contributed by atoms with Gasteiger partial charge in [-0.3, -0.25) is 19.1 Å². The van der Waals surface area contributed by atoms with Gasteiger partial charge in [0.05, 0.1) is 12.0 Å². The summed E-state index contributed by atoms with van der Waals surface area (Å²) in [5.74, 6) is 0.261. The van der Waals surface area contributed by atoms with Crippen LogP contribution in [0.25, 0.3) is 10.8 Å². The molecule has 2 N–H and O–H groups in total. The highest BCUT2D eigenvalue weighted by Crippen LogP contribution is 2.37. The Labute approximate surface area is 176 Å². The standard InChI is InChI=1S/C22H31N3O5/c1-7-8-11-30-18-17-12-15(23-14(2)26)9-10-16(17)20(27)25(13-22(3,4)5)19(18)24(6)21(28)29/h9-10,12H,7-8,11,13H2,1-6H3,(H,23,26)(H,28,29). The summed E-state index contributed by atoms with van der Waals surface area (Å²) in [6.45, 7) is 10.1. The molecule has 0 aliphatic rings. The molecule has 0 aliphatic carbocycles. The number of anilines is 2. The van der Waals surface area contributed by atoms with E-state index in [1.54, 1.807) is 18.2 Å². The summed E-state index contributed by atoms with van der Waals surface area (Å²) in [5, 5.41) is 13.3. The van der Waals surface area contributed by atoms with Crippen LogP contribution in [0, 0.1) is 5.41 Å². The quantitative estimate of drug-likeness (QED) is 0.654. The normalized spacial score (nSPS) is 11.4. The van der Waals surface area contributed by atoms with Gasteiger partial charge in [0.25, 0.3) is 5.56 Å². The number of pyridine rings is 1. The lowest BCUT2D eigenvalue weighted by Gasteiger charge is -2.28. The molecule has 0 saturated heterocycles. The molecule has 0 radical (unpaired) electrons. The predicted molar refractivity (Wildman–Crippen MR) is 119 cm³/mol. The number of amides is 2. The second-order valence-corrected chi connectivity index (χ2v) is 8.59. The Hall–Kier alpha value is -3.03. The summed E-state index contributed by atoms with van der Waals surface area (Å²) < 4.78 is 7.52. The van der Waals surface area contributed by atoms with E-state index in [0.717, 1.165) is 17.7 Å². The van der Waals surface area contributed by atoms with Gasteiger partial charge in [0.15, 0.2) is 11.6 Å². The molecule has 0 fully saturated rings. The van der Waals surface area contributed by atoms with Crippen LogP contribution in [0.15, 0.2) is 23.0 Å². The van der Waals surface area contributed by atoms with Crippen molar-refractivity contribution in [3.05, 3.63) is 28.6 Å². The van der Waals surface area contributed by atoms with Gasteiger partial charge in [0.1, 0.15) is 0 Å². The molecule has 164 valence electrons. The van der Waals surface area contributed by atoms with Crippen molar-refractivity contribution in [2.45, 2.75) is 54.0 Å². The smallest absolute Gasteiger partial charge is 0.412 e. The van der Waals surface area contributed by atoms with Crippen LogP contribution in [-0.2, 0) is 11.3 Å². The Bertz CT molecular complexity index is 1000. The highest BCUT2D eigenvalue weighted by atomic mass is 16.5. The molecule has 0 spiro atoms. The fourth-order valence-electron chi connectivity index (χ4n) is 3.19. The molecule has 1 aromatic heterocycles. The minimum Gasteiger partial charge on any atom is -0.489 e. The number of rotatable bonds is 7. The first-order valence-corrected chi connectivity index (χ1v) is 10.0. The van der Waals surface area contributed by atoms with Crippen molar-refractivity contribution < 1.29 is 19.4 Å². The lowest BCUT2D eigenvalue weighted by Crippen LogP contribution is -2.35. The number of nitrogens with one attached hydrogen (secondary N) is 1. The number of carbonyl (C=O) groups is 2. The number of unbranched alkanes of at least 4 members (excludes halogenated alkanes) is 1. The zero-order chi connectivity index (χ0) is 22.6. The highest BCUT2D eigenvalue weighted by molar-refractivity contribution is 5.99. The lowest BCUT2D eigenvalue weighted by molar-refractivity contribution is -0.114. The average Bonchev–Trinajstić information content (AvgIpc) is 2.63. The summed E-state index contributed by atoms with van der Waals surface area (Å²) in [5.41, 5.74) is -0.0740. The maximum absolute atomic E-state index is 13.4. The molecule has 8 heteroatoms. The number of benzene rings is 1. The van der Waals surface area contributed by atoms with Gasteiger partial charge < -0.3 is 15.2 Å². The summed E-state index contributed by atoms with van der Waals surface area (Å²) in [4.78, 5) is 37.7. The van der Waals surface area contributed by atoms with Gasteiger partial charge in [-0.2, -0.15) is 0 Å². The second-order valence-electron chi connectivity index (χ2n) is 8.59. The van der Waals surface area contributed by atoms with E-state index in [4.69, 9.17) is 4.74 Å². The highest BCUT2D eigenvalue weighted by Gasteiger charge is 2.27. The topological polar surface area (TPSA) is 101 Å². The van der Waals surface area contributed by atoms with Crippen molar-refractivity contribution in [2.24, 2.45) is 5.41 Å². The van der Waals surface area contributed by atoms with Crippen LogP contribution >= 0.6 is 0 Å². The Balaban J connectivity index is 2.90. The van der Waals surface area contributed by atoms with Crippen LogP contribution in [0.2, 0.25) is 0 Å². The van der Waals surface area contributed by atoms with Crippen LogP contribution < -0.4 is 20.5 Å². The first-order chi connectivity index (χ1) is 14.0. The van der Waals surface area contributed by atoms with Crippen LogP contribution in [0.1, 0.15) is 47.5 Å². The van der Waals surface area contributed by atoms with Crippen molar-refractivity contribution in [3.8, 4) is 5.75 Å². The molecule has 0 saturated carbocycles. The molecule has 2 aromatic rings. The number of nitrogens with zero attached hydrogens (tertiary/aromatic N) is 2. The van der Waals surface area contributed by atoms with E-state index in [0.29, 0.717) is 35.4 Å². The van der Waals surface area contributed by atoms with E-state index in [9.17, 15) is 19.5 Å². The first kappa shape index (κ1) is 23.3. The van der Waals surface area contributed by atoms with Crippen LogP contribution in [0.4, 0.5) is 16.3 Å². The Morgan fingerprint density at radius 2 is 1.90 bits per heavy atom. The number of fused-ring (bicyclic) bond motifs is 1. The molecule has 0 atom stereocenters. The third-order valence-electron chi connectivity index (χ3n) is 4.50. The van der Waals surface area contributed by atoms with Crippen molar-refractivity contribution in [1.29, 1.82) is 0 Å². The van der Waals surface area contributed by atoms with Crippen LogP contribution in [-0.4, -0.2) is 35.3 Å². The van der Waals surface area contributed by atoms with Gasteiger partial charge in [-0.15, -0.1) is 0 Å². The number of hydrogen-bond acceptors (Lipinski definition) is 4. The van der Waals surface area contributed by atoms with E-state index in [1.165, 1.54) is 18.5 Å². The molecule has 1 aromatic carbocycles. The van der Waals surface area contributed by atoms with Crippen molar-refractivity contribution in [1.82, 2.24) is 4.57 Å². The average molecular weight is 418 g/mol. The van der Waals surface area contributed by atoms with E-state index in [1.807, 2.05) is 27.7 Å². The molecular formula is C22H31N3O5. The summed E-state index contributed by atoms with van der Waals surface area (Å²) in [6, 6.07) is 4.95. The summed E-state index contributed by atoms with van der Waals surface area (Å²) in [6.07, 6.45) is 0.484. The van der Waals surface area contributed by atoms with E-state index in [-0.39, 0.29) is 22.7 Å². The molecule has 2 rings (SSSR count). The predicted octanol–water partition coefficient (Wildman–Crippen LogP) is 4.30. The summed E-state index contributed by atoms with van der Waals surface area (Å²) in [7, 11) is 1.40. The molecule has 0 aliphatic heterocycles. The fourth-order valence-corrected chi connectivity index (χ4v) is 3.19. The van der Waals surface area contributed by atoms with Crippen LogP contribution in [0.3, 0.4) is 0 Å². The molecule has 1 heterocycles. The van der Waals surface area contributed by atoms with Gasteiger partial charge in [-0.25, -0.2) is 4.79 Å². The van der Waals surface area contributed by atoms with Crippen molar-refractivity contribution in [2.75, 3.05) is 23.9 Å². The molecule has 0 unspecified atom stereocenters. The number of carbonyl (C=O) groups excluding carboxylic acids is 1. The Morgan fingerprint density at radius 3 is 2.43 bits per heavy atom. The SMILES string of the molecule is CCCCOc1c(N(C)C(=O)O)n(CC(C)(C)C)c(=O)c2ccc(NC(C)=O)cc12. The minimum absolute atomic E-state index is 0.186. The number of aromatic nitrogens is 1. The Kier molecular flexibility index (Phi) is 7.12. The molecule has 0 bridgehead atoms. The summed E-state index contributed by atoms with van der Waals surface area (Å²) >= 11 is 0. The third-order valence-corrected chi connectivity index (χ3v) is 4.50. The Morgan fingerprint density at radius 1 is 1.23 bits per heavy atom. The van der Waals surface area contributed by atoms with E-state index >= 15 is 0 Å². The van der Waals surface area contributed by atoms with Crippen molar-refractivity contribution in [3.63, 3.8) is 0 Å².